The smallest absolute Gasteiger partial charge is 0.416 e. The maximum absolute atomic E-state index is 13.3. The SMILES string of the molecule is COc1cc2nc(C3CC3)nc(NCc3ccccc3C(F)(F)F)c2cc1OC. The largest absolute Gasteiger partial charge is 0.493 e. The van der Waals surface area contributed by atoms with Gasteiger partial charge in [-0.1, -0.05) is 18.2 Å². The van der Waals surface area contributed by atoms with Crippen LogP contribution < -0.4 is 14.8 Å². The molecule has 1 fully saturated rings. The zero-order chi connectivity index (χ0) is 20.6. The van der Waals surface area contributed by atoms with E-state index in [4.69, 9.17) is 9.47 Å². The maximum Gasteiger partial charge on any atom is 0.416 e. The van der Waals surface area contributed by atoms with Gasteiger partial charge in [0.15, 0.2) is 11.5 Å². The zero-order valence-corrected chi connectivity index (χ0v) is 16.0. The molecule has 1 saturated carbocycles. The summed E-state index contributed by atoms with van der Waals surface area (Å²) in [5, 5.41) is 3.74. The van der Waals surface area contributed by atoms with Crippen molar-refractivity contribution in [3.63, 3.8) is 0 Å². The van der Waals surface area contributed by atoms with Crippen LogP contribution in [0.5, 0.6) is 11.5 Å². The van der Waals surface area contributed by atoms with Crippen LogP contribution in [-0.2, 0) is 12.7 Å². The fourth-order valence-corrected chi connectivity index (χ4v) is 3.26. The van der Waals surface area contributed by atoms with Crippen molar-refractivity contribution in [2.45, 2.75) is 31.5 Å². The van der Waals surface area contributed by atoms with Crippen LogP contribution in [0.4, 0.5) is 19.0 Å². The van der Waals surface area contributed by atoms with Crippen LogP contribution >= 0.6 is 0 Å². The van der Waals surface area contributed by atoms with Crippen LogP contribution in [0.2, 0.25) is 0 Å². The maximum atomic E-state index is 13.3. The van der Waals surface area contributed by atoms with E-state index < -0.39 is 11.7 Å². The molecule has 1 heterocycles. The van der Waals surface area contributed by atoms with Gasteiger partial charge in [0.25, 0.3) is 0 Å². The first-order valence-electron chi connectivity index (χ1n) is 9.23. The highest BCUT2D eigenvalue weighted by Crippen LogP contribution is 2.41. The number of nitrogens with one attached hydrogen (secondary N) is 1. The first-order chi connectivity index (χ1) is 13.9. The summed E-state index contributed by atoms with van der Waals surface area (Å²) in [6.07, 6.45) is -2.40. The van der Waals surface area contributed by atoms with Gasteiger partial charge in [-0.15, -0.1) is 0 Å². The Bertz CT molecular complexity index is 1050. The van der Waals surface area contributed by atoms with E-state index in [0.717, 1.165) is 18.9 Å². The molecule has 0 bridgehead atoms. The lowest BCUT2D eigenvalue weighted by atomic mass is 10.1. The number of alkyl halides is 3. The lowest BCUT2D eigenvalue weighted by Gasteiger charge is -2.16. The number of hydrogen-bond donors (Lipinski definition) is 1. The van der Waals surface area contributed by atoms with Gasteiger partial charge in [-0.25, -0.2) is 9.97 Å². The second-order valence-corrected chi connectivity index (χ2v) is 6.94. The molecule has 3 aromatic rings. The summed E-state index contributed by atoms with van der Waals surface area (Å²) in [6, 6.07) is 9.02. The number of hydrogen-bond acceptors (Lipinski definition) is 5. The van der Waals surface area contributed by atoms with Gasteiger partial charge in [0.2, 0.25) is 0 Å². The van der Waals surface area contributed by atoms with E-state index >= 15 is 0 Å². The van der Waals surface area contributed by atoms with Crippen LogP contribution in [0.15, 0.2) is 36.4 Å². The second-order valence-electron chi connectivity index (χ2n) is 6.94. The molecule has 152 valence electrons. The van der Waals surface area contributed by atoms with Gasteiger partial charge in [0, 0.05) is 23.9 Å². The van der Waals surface area contributed by atoms with Crippen LogP contribution in [-0.4, -0.2) is 24.2 Å². The van der Waals surface area contributed by atoms with Gasteiger partial charge in [-0.05, 0) is 30.5 Å². The quantitative estimate of drug-likeness (QED) is 0.617. The lowest BCUT2D eigenvalue weighted by Crippen LogP contribution is -2.12. The lowest BCUT2D eigenvalue weighted by molar-refractivity contribution is -0.138. The number of anilines is 1. The van der Waals surface area contributed by atoms with Crippen molar-refractivity contribution in [3.05, 3.63) is 53.3 Å². The number of methoxy groups -OCH3 is 2. The Hall–Kier alpha value is -3.03. The molecule has 5 nitrogen and oxygen atoms in total. The third-order valence-electron chi connectivity index (χ3n) is 4.93. The van der Waals surface area contributed by atoms with Crippen LogP contribution in [0.1, 0.15) is 35.7 Å². The fourth-order valence-electron chi connectivity index (χ4n) is 3.26. The number of benzene rings is 2. The van der Waals surface area contributed by atoms with Crippen LogP contribution in [0.25, 0.3) is 10.9 Å². The highest BCUT2D eigenvalue weighted by atomic mass is 19.4. The summed E-state index contributed by atoms with van der Waals surface area (Å²) in [6.45, 7) is -0.0136. The van der Waals surface area contributed by atoms with Crippen molar-refractivity contribution in [2.75, 3.05) is 19.5 Å². The molecular formula is C21H20F3N3O2. The minimum Gasteiger partial charge on any atom is -0.493 e. The van der Waals surface area contributed by atoms with E-state index in [1.54, 1.807) is 25.3 Å². The molecule has 8 heteroatoms. The summed E-state index contributed by atoms with van der Waals surface area (Å²) in [5.41, 5.74) is 0.152. The minimum atomic E-state index is -4.41. The Morgan fingerprint density at radius 1 is 1.03 bits per heavy atom. The minimum absolute atomic E-state index is 0.0136. The molecule has 0 atom stereocenters. The fraction of sp³-hybridized carbons (Fsp3) is 0.333. The van der Waals surface area contributed by atoms with Crippen LogP contribution in [0, 0.1) is 0 Å². The number of halogens is 3. The molecule has 2 aromatic carbocycles. The number of nitrogens with zero attached hydrogens (tertiary/aromatic N) is 2. The summed E-state index contributed by atoms with van der Waals surface area (Å²) < 4.78 is 50.6. The number of ether oxygens (including phenoxy) is 2. The summed E-state index contributed by atoms with van der Waals surface area (Å²) >= 11 is 0. The molecule has 0 radical (unpaired) electrons. The predicted octanol–water partition coefficient (Wildman–Crippen LogP) is 5.16. The van der Waals surface area contributed by atoms with E-state index in [1.165, 1.54) is 19.2 Å². The van der Waals surface area contributed by atoms with Gasteiger partial charge < -0.3 is 14.8 Å². The normalized spacial score (nSPS) is 14.1. The monoisotopic (exact) mass is 403 g/mol. The average molecular weight is 403 g/mol. The average Bonchev–Trinajstić information content (AvgIpc) is 3.55. The Kier molecular flexibility index (Phi) is 4.94. The number of aromatic nitrogens is 2. The van der Waals surface area contributed by atoms with Crippen molar-refractivity contribution >= 4 is 16.7 Å². The summed E-state index contributed by atoms with van der Waals surface area (Å²) in [5.74, 6) is 2.50. The molecule has 0 spiro atoms. The predicted molar refractivity (Wildman–Crippen MR) is 103 cm³/mol. The van der Waals surface area contributed by atoms with E-state index in [2.05, 4.69) is 15.3 Å². The van der Waals surface area contributed by atoms with Crippen molar-refractivity contribution in [1.82, 2.24) is 9.97 Å². The van der Waals surface area contributed by atoms with Crippen molar-refractivity contribution in [3.8, 4) is 11.5 Å². The molecule has 4 rings (SSSR count). The van der Waals surface area contributed by atoms with E-state index in [1.807, 2.05) is 0 Å². The first-order valence-corrected chi connectivity index (χ1v) is 9.23. The molecule has 0 saturated heterocycles. The second kappa shape index (κ2) is 7.42. The Morgan fingerprint density at radius 2 is 1.72 bits per heavy atom. The summed E-state index contributed by atoms with van der Waals surface area (Å²) in [7, 11) is 3.07. The Morgan fingerprint density at radius 3 is 2.38 bits per heavy atom. The Labute approximate surface area is 165 Å². The molecule has 0 amide bonds. The first kappa shape index (κ1) is 19.3. The third-order valence-corrected chi connectivity index (χ3v) is 4.93. The third kappa shape index (κ3) is 3.92. The molecule has 1 N–H and O–H groups in total. The van der Waals surface area contributed by atoms with Gasteiger partial charge in [0.05, 0.1) is 25.3 Å². The molecule has 1 aromatic heterocycles. The van der Waals surface area contributed by atoms with E-state index in [9.17, 15) is 13.2 Å². The molecular weight excluding hydrogens is 383 g/mol. The standard InChI is InChI=1S/C21H20F3N3O2/c1-28-17-9-14-16(10-18(17)29-2)26-19(12-7-8-12)27-20(14)25-11-13-5-3-4-6-15(13)21(22,23)24/h3-6,9-10,12H,7-8,11H2,1-2H3,(H,25,26,27). The number of fused-ring (bicyclic) bond motifs is 1. The molecule has 0 aliphatic heterocycles. The van der Waals surface area contributed by atoms with Gasteiger partial charge in [-0.3, -0.25) is 0 Å². The highest BCUT2D eigenvalue weighted by molar-refractivity contribution is 5.92. The zero-order valence-electron chi connectivity index (χ0n) is 16.0. The van der Waals surface area contributed by atoms with Gasteiger partial charge in [-0.2, -0.15) is 13.2 Å². The summed E-state index contributed by atoms with van der Waals surface area (Å²) in [4.78, 5) is 9.23. The highest BCUT2D eigenvalue weighted by Gasteiger charge is 2.33. The topological polar surface area (TPSA) is 56.3 Å². The van der Waals surface area contributed by atoms with Crippen molar-refractivity contribution in [2.24, 2.45) is 0 Å². The Balaban J connectivity index is 1.75. The van der Waals surface area contributed by atoms with Crippen molar-refractivity contribution in [1.29, 1.82) is 0 Å². The molecule has 29 heavy (non-hydrogen) atoms. The molecule has 1 aliphatic carbocycles. The van der Waals surface area contributed by atoms with E-state index in [-0.39, 0.29) is 18.0 Å². The van der Waals surface area contributed by atoms with Gasteiger partial charge in [0.1, 0.15) is 11.6 Å². The van der Waals surface area contributed by atoms with Gasteiger partial charge >= 0.3 is 6.18 Å². The van der Waals surface area contributed by atoms with E-state index in [0.29, 0.717) is 34.0 Å². The van der Waals surface area contributed by atoms with Crippen molar-refractivity contribution < 1.29 is 22.6 Å². The molecule has 1 aliphatic rings. The number of rotatable bonds is 6. The van der Waals surface area contributed by atoms with Crippen LogP contribution in [0.3, 0.4) is 0 Å². The molecule has 0 unspecified atom stereocenters.